The lowest BCUT2D eigenvalue weighted by atomic mass is 10.1. The normalized spacial score (nSPS) is 13.9. The third kappa shape index (κ3) is 1.62. The molecule has 62 valence electrons. The Morgan fingerprint density at radius 3 is 2.36 bits per heavy atom. The van der Waals surface area contributed by atoms with Gasteiger partial charge in [-0.3, -0.25) is 4.68 Å². The lowest BCUT2D eigenvalue weighted by molar-refractivity contribution is 0.369. The minimum Gasteiger partial charge on any atom is -0.267 e. The van der Waals surface area contributed by atoms with Gasteiger partial charge in [-0.05, 0) is 25.8 Å². The molecule has 1 heterocycles. The number of aryl methyl sites for hydroxylation is 1. The Morgan fingerprint density at radius 1 is 1.36 bits per heavy atom. The quantitative estimate of drug-likeness (QED) is 0.636. The molecule has 0 bridgehead atoms. The summed E-state index contributed by atoms with van der Waals surface area (Å²) in [5, 5.41) is 4.25. The lowest BCUT2D eigenvalue weighted by Crippen LogP contribution is -2.13. The van der Waals surface area contributed by atoms with Crippen molar-refractivity contribution >= 4 is 0 Å². The van der Waals surface area contributed by atoms with Gasteiger partial charge in [0.25, 0.3) is 0 Å². The van der Waals surface area contributed by atoms with Gasteiger partial charge in [-0.2, -0.15) is 5.10 Å². The molecule has 11 heavy (non-hydrogen) atoms. The van der Waals surface area contributed by atoms with E-state index < -0.39 is 0 Å². The van der Waals surface area contributed by atoms with E-state index in [2.05, 4.69) is 37.5 Å². The summed E-state index contributed by atoms with van der Waals surface area (Å²) >= 11 is 0. The summed E-state index contributed by atoms with van der Waals surface area (Å²) in [5.41, 5.74) is 1.24. The van der Waals surface area contributed by atoms with Crippen molar-refractivity contribution in [1.29, 1.82) is 0 Å². The molecule has 0 aliphatic carbocycles. The van der Waals surface area contributed by atoms with E-state index in [0.717, 1.165) is 0 Å². The van der Waals surface area contributed by atoms with E-state index in [9.17, 15) is 0 Å². The van der Waals surface area contributed by atoms with Crippen LogP contribution in [0.15, 0.2) is 12.3 Å². The maximum Gasteiger partial charge on any atom is 0.0517 e. The molecule has 0 aliphatic heterocycles. The molecule has 2 heteroatoms. The predicted octanol–water partition coefficient (Wildman–Crippen LogP) is 2.41. The van der Waals surface area contributed by atoms with Crippen molar-refractivity contribution in [1.82, 2.24) is 9.78 Å². The molecular formula is C9H16N2. The molecule has 0 saturated heterocycles. The molecule has 1 aromatic heterocycles. The van der Waals surface area contributed by atoms with E-state index in [1.54, 1.807) is 0 Å². The van der Waals surface area contributed by atoms with Crippen LogP contribution in [0.5, 0.6) is 0 Å². The summed E-state index contributed by atoms with van der Waals surface area (Å²) in [6.45, 7) is 8.72. The molecule has 0 fully saturated rings. The predicted molar refractivity (Wildman–Crippen MR) is 46.5 cm³/mol. The van der Waals surface area contributed by atoms with Crippen molar-refractivity contribution in [3.05, 3.63) is 18.0 Å². The fourth-order valence-corrected chi connectivity index (χ4v) is 1.09. The van der Waals surface area contributed by atoms with Gasteiger partial charge in [-0.15, -0.1) is 0 Å². The summed E-state index contributed by atoms with van der Waals surface area (Å²) in [7, 11) is 0. The van der Waals surface area contributed by atoms with Gasteiger partial charge in [0.05, 0.1) is 6.04 Å². The van der Waals surface area contributed by atoms with E-state index in [-0.39, 0.29) is 0 Å². The van der Waals surface area contributed by atoms with Crippen LogP contribution in [0.1, 0.15) is 32.5 Å². The van der Waals surface area contributed by atoms with Crippen molar-refractivity contribution in [3.8, 4) is 0 Å². The fraction of sp³-hybridized carbons (Fsp3) is 0.667. The van der Waals surface area contributed by atoms with E-state index >= 15 is 0 Å². The van der Waals surface area contributed by atoms with Crippen LogP contribution in [-0.2, 0) is 0 Å². The average Bonchev–Trinajstić information content (AvgIpc) is 2.33. The summed E-state index contributed by atoms with van der Waals surface area (Å²) in [5.74, 6) is 0.647. The largest absolute Gasteiger partial charge is 0.267 e. The number of hydrogen-bond donors (Lipinski definition) is 0. The van der Waals surface area contributed by atoms with Gasteiger partial charge in [0.15, 0.2) is 0 Å². The molecule has 0 N–H and O–H groups in total. The van der Waals surface area contributed by atoms with Crippen LogP contribution >= 0.6 is 0 Å². The first-order valence-corrected chi connectivity index (χ1v) is 4.13. The third-order valence-corrected chi connectivity index (χ3v) is 2.22. The van der Waals surface area contributed by atoms with Gasteiger partial charge >= 0.3 is 0 Å². The molecule has 0 radical (unpaired) electrons. The molecule has 1 atom stereocenters. The average molecular weight is 152 g/mol. The Bertz CT molecular complexity index is 225. The second-order valence-corrected chi connectivity index (χ2v) is 3.40. The minimum atomic E-state index is 0.505. The molecule has 1 unspecified atom stereocenters. The van der Waals surface area contributed by atoms with Gasteiger partial charge in [0, 0.05) is 11.9 Å². The maximum absolute atomic E-state index is 4.25. The van der Waals surface area contributed by atoms with Crippen molar-refractivity contribution in [2.24, 2.45) is 5.92 Å². The zero-order valence-electron chi connectivity index (χ0n) is 7.70. The van der Waals surface area contributed by atoms with Gasteiger partial charge in [-0.25, -0.2) is 0 Å². The van der Waals surface area contributed by atoms with Crippen LogP contribution in [0.4, 0.5) is 0 Å². The van der Waals surface area contributed by atoms with Crippen molar-refractivity contribution in [2.75, 3.05) is 0 Å². The van der Waals surface area contributed by atoms with Crippen LogP contribution in [0.3, 0.4) is 0 Å². The topological polar surface area (TPSA) is 17.8 Å². The number of aromatic nitrogens is 2. The van der Waals surface area contributed by atoms with Crippen molar-refractivity contribution in [3.63, 3.8) is 0 Å². The summed E-state index contributed by atoms with van der Waals surface area (Å²) in [6.07, 6.45) is 1.86. The zero-order chi connectivity index (χ0) is 8.43. The van der Waals surface area contributed by atoms with Gasteiger partial charge in [0.1, 0.15) is 0 Å². The first kappa shape index (κ1) is 8.31. The number of nitrogens with zero attached hydrogens (tertiary/aromatic N) is 2. The van der Waals surface area contributed by atoms with Gasteiger partial charge in [0.2, 0.25) is 0 Å². The highest BCUT2D eigenvalue weighted by molar-refractivity contribution is 4.98. The smallest absolute Gasteiger partial charge is 0.0517 e. The van der Waals surface area contributed by atoms with Crippen LogP contribution in [0, 0.1) is 12.8 Å². The Kier molecular flexibility index (Phi) is 2.32. The SMILES string of the molecule is Cc1ccnn1C(C)C(C)C. The Balaban J connectivity index is 2.84. The Morgan fingerprint density at radius 2 is 2.00 bits per heavy atom. The molecule has 1 rings (SSSR count). The Labute approximate surface area is 68.2 Å². The molecule has 0 aliphatic rings. The standard InChI is InChI=1S/C9H16N2/c1-7(2)9(4)11-8(3)5-6-10-11/h5-7,9H,1-4H3. The summed E-state index contributed by atoms with van der Waals surface area (Å²) < 4.78 is 2.07. The van der Waals surface area contributed by atoms with E-state index in [0.29, 0.717) is 12.0 Å². The molecule has 0 amide bonds. The highest BCUT2D eigenvalue weighted by atomic mass is 15.3. The van der Waals surface area contributed by atoms with E-state index in [4.69, 9.17) is 0 Å². The van der Waals surface area contributed by atoms with Crippen LogP contribution in [0.2, 0.25) is 0 Å². The maximum atomic E-state index is 4.25. The summed E-state index contributed by atoms with van der Waals surface area (Å²) in [6, 6.07) is 2.55. The first-order valence-electron chi connectivity index (χ1n) is 4.13. The third-order valence-electron chi connectivity index (χ3n) is 2.22. The molecular weight excluding hydrogens is 136 g/mol. The molecule has 2 nitrogen and oxygen atoms in total. The van der Waals surface area contributed by atoms with Crippen LogP contribution in [-0.4, -0.2) is 9.78 Å². The van der Waals surface area contributed by atoms with Gasteiger partial charge in [-0.1, -0.05) is 13.8 Å². The lowest BCUT2D eigenvalue weighted by Gasteiger charge is -2.17. The Hall–Kier alpha value is -0.790. The second kappa shape index (κ2) is 3.07. The highest BCUT2D eigenvalue weighted by Gasteiger charge is 2.10. The van der Waals surface area contributed by atoms with Gasteiger partial charge < -0.3 is 0 Å². The fourth-order valence-electron chi connectivity index (χ4n) is 1.09. The van der Waals surface area contributed by atoms with Crippen LogP contribution in [0.25, 0.3) is 0 Å². The number of hydrogen-bond acceptors (Lipinski definition) is 1. The van der Waals surface area contributed by atoms with E-state index in [1.807, 2.05) is 12.3 Å². The van der Waals surface area contributed by atoms with Crippen molar-refractivity contribution < 1.29 is 0 Å². The highest BCUT2D eigenvalue weighted by Crippen LogP contribution is 2.16. The molecule has 0 saturated carbocycles. The second-order valence-electron chi connectivity index (χ2n) is 3.40. The molecule has 0 aromatic carbocycles. The molecule has 0 spiro atoms. The van der Waals surface area contributed by atoms with Crippen LogP contribution < -0.4 is 0 Å². The monoisotopic (exact) mass is 152 g/mol. The zero-order valence-corrected chi connectivity index (χ0v) is 7.70. The van der Waals surface area contributed by atoms with E-state index in [1.165, 1.54) is 5.69 Å². The molecule has 1 aromatic rings. The summed E-state index contributed by atoms with van der Waals surface area (Å²) in [4.78, 5) is 0. The minimum absolute atomic E-state index is 0.505. The number of rotatable bonds is 2. The first-order chi connectivity index (χ1) is 5.13. The van der Waals surface area contributed by atoms with Crippen molar-refractivity contribution in [2.45, 2.75) is 33.7 Å².